The van der Waals surface area contributed by atoms with Gasteiger partial charge in [0.05, 0.1) is 17.3 Å². The van der Waals surface area contributed by atoms with Crippen LogP contribution in [-0.4, -0.2) is 30.5 Å². The van der Waals surface area contributed by atoms with Crippen LogP contribution in [0, 0.1) is 0 Å². The number of hydrogen-bond donors (Lipinski definition) is 2. The van der Waals surface area contributed by atoms with E-state index in [4.69, 9.17) is 9.47 Å². The second-order valence-electron chi connectivity index (χ2n) is 5.40. The Morgan fingerprint density at radius 3 is 2.73 bits per heavy atom. The summed E-state index contributed by atoms with van der Waals surface area (Å²) < 4.78 is 11.6. The molecule has 0 spiro atoms. The molecule has 1 aromatic heterocycles. The van der Waals surface area contributed by atoms with Crippen LogP contribution in [0.2, 0.25) is 0 Å². The van der Waals surface area contributed by atoms with Gasteiger partial charge in [0, 0.05) is 18.7 Å². The standard InChI is InChI=1S/C18H17N3O4S/c1-11(22)19-12-4-3-5-14(8-12)25-10-17(23)21-18-20-15-7-6-13(24-2)9-16(15)26-18/h3-9H,10H2,1-2H3,(H,19,22)(H,20,21,23). The van der Waals surface area contributed by atoms with Crippen molar-refractivity contribution < 1.29 is 19.1 Å². The number of anilines is 2. The van der Waals surface area contributed by atoms with E-state index in [1.807, 2.05) is 18.2 Å². The Morgan fingerprint density at radius 1 is 1.12 bits per heavy atom. The summed E-state index contributed by atoms with van der Waals surface area (Å²) in [5.41, 5.74) is 1.39. The normalized spacial score (nSPS) is 10.4. The van der Waals surface area contributed by atoms with Gasteiger partial charge in [-0.15, -0.1) is 0 Å². The number of rotatable bonds is 6. The van der Waals surface area contributed by atoms with E-state index in [0.29, 0.717) is 16.6 Å². The minimum Gasteiger partial charge on any atom is -0.497 e. The average molecular weight is 371 g/mol. The number of carbonyl (C=O) groups excluding carboxylic acids is 2. The molecule has 3 aromatic rings. The third-order valence-electron chi connectivity index (χ3n) is 3.37. The molecule has 0 bridgehead atoms. The van der Waals surface area contributed by atoms with E-state index in [-0.39, 0.29) is 18.4 Å². The van der Waals surface area contributed by atoms with Gasteiger partial charge in [-0.3, -0.25) is 14.9 Å². The monoisotopic (exact) mass is 371 g/mol. The Labute approximate surface area is 154 Å². The molecule has 0 saturated heterocycles. The maximum atomic E-state index is 12.1. The van der Waals surface area contributed by atoms with Crippen molar-refractivity contribution in [2.75, 3.05) is 24.4 Å². The lowest BCUT2D eigenvalue weighted by molar-refractivity contribution is -0.118. The summed E-state index contributed by atoms with van der Waals surface area (Å²) in [7, 11) is 1.60. The average Bonchev–Trinajstić information content (AvgIpc) is 3.00. The first-order chi connectivity index (χ1) is 12.5. The van der Waals surface area contributed by atoms with Crippen molar-refractivity contribution in [3.05, 3.63) is 42.5 Å². The second kappa shape index (κ2) is 7.83. The lowest BCUT2D eigenvalue weighted by Gasteiger charge is -2.08. The highest BCUT2D eigenvalue weighted by Crippen LogP contribution is 2.29. The largest absolute Gasteiger partial charge is 0.497 e. The van der Waals surface area contributed by atoms with Gasteiger partial charge in [0.25, 0.3) is 5.91 Å². The SMILES string of the molecule is COc1ccc2nc(NC(=O)COc3cccc(NC(C)=O)c3)sc2c1. The number of carbonyl (C=O) groups is 2. The lowest BCUT2D eigenvalue weighted by atomic mass is 10.3. The van der Waals surface area contributed by atoms with Gasteiger partial charge in [0.1, 0.15) is 11.5 Å². The van der Waals surface area contributed by atoms with Gasteiger partial charge in [-0.05, 0) is 30.3 Å². The van der Waals surface area contributed by atoms with E-state index in [2.05, 4.69) is 15.6 Å². The topological polar surface area (TPSA) is 89.6 Å². The molecule has 0 saturated carbocycles. The lowest BCUT2D eigenvalue weighted by Crippen LogP contribution is -2.20. The molecule has 7 nitrogen and oxygen atoms in total. The Morgan fingerprint density at radius 2 is 1.96 bits per heavy atom. The highest BCUT2D eigenvalue weighted by molar-refractivity contribution is 7.22. The highest BCUT2D eigenvalue weighted by atomic mass is 32.1. The number of ether oxygens (including phenoxy) is 2. The van der Waals surface area contributed by atoms with Crippen molar-refractivity contribution in [2.45, 2.75) is 6.92 Å². The smallest absolute Gasteiger partial charge is 0.264 e. The zero-order valence-electron chi connectivity index (χ0n) is 14.2. The van der Waals surface area contributed by atoms with Gasteiger partial charge >= 0.3 is 0 Å². The second-order valence-corrected chi connectivity index (χ2v) is 6.43. The van der Waals surface area contributed by atoms with Crippen LogP contribution in [-0.2, 0) is 9.59 Å². The predicted molar refractivity (Wildman–Crippen MR) is 101 cm³/mol. The van der Waals surface area contributed by atoms with Crippen LogP contribution in [0.4, 0.5) is 10.8 Å². The van der Waals surface area contributed by atoms with Crippen LogP contribution in [0.5, 0.6) is 11.5 Å². The molecule has 0 aliphatic carbocycles. The zero-order valence-corrected chi connectivity index (χ0v) is 15.1. The van der Waals surface area contributed by atoms with Crippen LogP contribution in [0.15, 0.2) is 42.5 Å². The number of nitrogens with zero attached hydrogens (tertiary/aromatic N) is 1. The maximum Gasteiger partial charge on any atom is 0.264 e. The Bertz CT molecular complexity index is 955. The molecule has 1 heterocycles. The molecule has 2 aromatic carbocycles. The molecule has 134 valence electrons. The van der Waals surface area contributed by atoms with Gasteiger partial charge in [-0.2, -0.15) is 0 Å². The molecule has 8 heteroatoms. The summed E-state index contributed by atoms with van der Waals surface area (Å²) in [5, 5.41) is 5.87. The van der Waals surface area contributed by atoms with Crippen molar-refractivity contribution in [1.29, 1.82) is 0 Å². The maximum absolute atomic E-state index is 12.1. The summed E-state index contributed by atoms with van der Waals surface area (Å²) >= 11 is 1.36. The number of thiazole rings is 1. The molecule has 2 N–H and O–H groups in total. The van der Waals surface area contributed by atoms with Crippen LogP contribution in [0.3, 0.4) is 0 Å². The molecule has 2 amide bonds. The van der Waals surface area contributed by atoms with E-state index in [1.165, 1.54) is 18.3 Å². The van der Waals surface area contributed by atoms with Crippen molar-refractivity contribution in [2.24, 2.45) is 0 Å². The first kappa shape index (κ1) is 17.7. The number of fused-ring (bicyclic) bond motifs is 1. The fraction of sp³-hybridized carbons (Fsp3) is 0.167. The fourth-order valence-electron chi connectivity index (χ4n) is 2.26. The number of nitrogens with one attached hydrogen (secondary N) is 2. The molecular weight excluding hydrogens is 354 g/mol. The quantitative estimate of drug-likeness (QED) is 0.694. The van der Waals surface area contributed by atoms with Crippen molar-refractivity contribution in [3.8, 4) is 11.5 Å². The number of aromatic nitrogens is 1. The third-order valence-corrected chi connectivity index (χ3v) is 4.30. The Balaban J connectivity index is 1.60. The van der Waals surface area contributed by atoms with E-state index < -0.39 is 0 Å². The van der Waals surface area contributed by atoms with Crippen LogP contribution in [0.25, 0.3) is 10.2 Å². The Hall–Kier alpha value is -3.13. The van der Waals surface area contributed by atoms with Crippen LogP contribution in [0.1, 0.15) is 6.92 Å². The zero-order chi connectivity index (χ0) is 18.5. The number of methoxy groups -OCH3 is 1. The molecule has 0 aliphatic heterocycles. The first-order valence-electron chi connectivity index (χ1n) is 7.78. The summed E-state index contributed by atoms with van der Waals surface area (Å²) in [6, 6.07) is 12.4. The van der Waals surface area contributed by atoms with E-state index >= 15 is 0 Å². The summed E-state index contributed by atoms with van der Waals surface area (Å²) in [4.78, 5) is 27.5. The first-order valence-corrected chi connectivity index (χ1v) is 8.60. The summed E-state index contributed by atoms with van der Waals surface area (Å²) in [6.07, 6.45) is 0. The molecule has 3 rings (SSSR count). The van der Waals surface area contributed by atoms with Crippen LogP contribution >= 0.6 is 11.3 Å². The fourth-order valence-corrected chi connectivity index (χ4v) is 3.17. The van der Waals surface area contributed by atoms with E-state index in [1.54, 1.807) is 31.4 Å². The highest BCUT2D eigenvalue weighted by Gasteiger charge is 2.09. The molecule has 0 radical (unpaired) electrons. The molecule has 0 atom stereocenters. The number of amides is 2. The molecule has 0 aliphatic rings. The van der Waals surface area contributed by atoms with Crippen molar-refractivity contribution in [3.63, 3.8) is 0 Å². The third kappa shape index (κ3) is 4.48. The summed E-state index contributed by atoms with van der Waals surface area (Å²) in [5.74, 6) is 0.732. The van der Waals surface area contributed by atoms with Crippen molar-refractivity contribution in [1.82, 2.24) is 4.98 Å². The minimum absolute atomic E-state index is 0.164. The van der Waals surface area contributed by atoms with Gasteiger partial charge in [-0.1, -0.05) is 17.4 Å². The van der Waals surface area contributed by atoms with Gasteiger partial charge in [0.15, 0.2) is 11.7 Å². The van der Waals surface area contributed by atoms with E-state index in [0.717, 1.165) is 16.0 Å². The molecular formula is C18H17N3O4S. The van der Waals surface area contributed by atoms with Gasteiger partial charge < -0.3 is 14.8 Å². The predicted octanol–water partition coefficient (Wildman–Crippen LogP) is 3.28. The Kier molecular flexibility index (Phi) is 5.33. The number of hydrogen-bond acceptors (Lipinski definition) is 6. The van der Waals surface area contributed by atoms with Gasteiger partial charge in [0.2, 0.25) is 5.91 Å². The molecule has 0 unspecified atom stereocenters. The minimum atomic E-state index is -0.319. The number of benzene rings is 2. The van der Waals surface area contributed by atoms with Crippen molar-refractivity contribution >= 4 is 44.2 Å². The molecule has 26 heavy (non-hydrogen) atoms. The van der Waals surface area contributed by atoms with E-state index in [9.17, 15) is 9.59 Å². The van der Waals surface area contributed by atoms with Crippen LogP contribution < -0.4 is 20.1 Å². The molecule has 0 fully saturated rings. The summed E-state index contributed by atoms with van der Waals surface area (Å²) in [6.45, 7) is 1.26. The van der Waals surface area contributed by atoms with Gasteiger partial charge in [-0.25, -0.2) is 4.98 Å².